The van der Waals surface area contributed by atoms with Gasteiger partial charge in [0.15, 0.2) is 0 Å². The number of ether oxygens (including phenoxy) is 2. The van der Waals surface area contributed by atoms with Crippen LogP contribution in [0.4, 0.5) is 0 Å². The Labute approximate surface area is 92.5 Å². The van der Waals surface area contributed by atoms with Crippen LogP contribution in [0.5, 0.6) is 0 Å². The Morgan fingerprint density at radius 2 is 1.93 bits per heavy atom. The van der Waals surface area contributed by atoms with E-state index in [1.54, 1.807) is 7.11 Å². The summed E-state index contributed by atoms with van der Waals surface area (Å²) in [5.41, 5.74) is -0.398. The maximum absolute atomic E-state index is 11.4. The third-order valence-electron chi connectivity index (χ3n) is 1.71. The van der Waals surface area contributed by atoms with Crippen LogP contribution in [-0.4, -0.2) is 50.3 Å². The highest BCUT2D eigenvalue weighted by Crippen LogP contribution is 2.07. The molecule has 0 aliphatic rings. The van der Waals surface area contributed by atoms with Crippen LogP contribution in [0.3, 0.4) is 0 Å². The van der Waals surface area contributed by atoms with Gasteiger partial charge in [0.25, 0.3) is 0 Å². The zero-order valence-electron chi connectivity index (χ0n) is 10.5. The van der Waals surface area contributed by atoms with Gasteiger partial charge in [0.1, 0.15) is 5.60 Å². The molecule has 0 unspecified atom stereocenters. The predicted molar refractivity (Wildman–Crippen MR) is 59.8 cm³/mol. The molecule has 0 aromatic heterocycles. The maximum atomic E-state index is 11.4. The zero-order valence-corrected chi connectivity index (χ0v) is 10.5. The lowest BCUT2D eigenvalue weighted by atomic mass is 10.2. The van der Waals surface area contributed by atoms with Crippen molar-refractivity contribution in [3.63, 3.8) is 0 Å². The van der Waals surface area contributed by atoms with Crippen LogP contribution in [0.2, 0.25) is 0 Å². The molecule has 0 rings (SSSR count). The quantitative estimate of drug-likeness (QED) is 0.496. The van der Waals surface area contributed by atoms with Crippen molar-refractivity contribution < 1.29 is 14.3 Å². The average Bonchev–Trinajstić information content (AvgIpc) is 2.00. The summed E-state index contributed by atoms with van der Waals surface area (Å²) >= 11 is 0. The summed E-state index contributed by atoms with van der Waals surface area (Å²) in [4.78, 5) is 13.3. The number of methoxy groups -OCH3 is 1. The van der Waals surface area contributed by atoms with E-state index in [1.807, 2.05) is 32.7 Å². The van der Waals surface area contributed by atoms with Gasteiger partial charge in [0, 0.05) is 20.3 Å². The van der Waals surface area contributed by atoms with Crippen molar-refractivity contribution in [2.24, 2.45) is 0 Å². The van der Waals surface area contributed by atoms with Crippen molar-refractivity contribution in [1.29, 1.82) is 0 Å². The molecule has 0 saturated carbocycles. The van der Waals surface area contributed by atoms with Crippen LogP contribution in [0.25, 0.3) is 0 Å². The molecule has 4 nitrogen and oxygen atoms in total. The molecule has 0 atom stereocenters. The molecular formula is C11H23NO3. The van der Waals surface area contributed by atoms with Gasteiger partial charge in [-0.3, -0.25) is 9.69 Å². The molecule has 0 aromatic carbocycles. The van der Waals surface area contributed by atoms with Gasteiger partial charge in [0.05, 0.1) is 6.54 Å². The summed E-state index contributed by atoms with van der Waals surface area (Å²) in [5, 5.41) is 0. The van der Waals surface area contributed by atoms with Crippen molar-refractivity contribution in [3.8, 4) is 0 Å². The molecule has 0 aliphatic carbocycles. The van der Waals surface area contributed by atoms with Gasteiger partial charge in [-0.1, -0.05) is 0 Å². The van der Waals surface area contributed by atoms with Crippen LogP contribution in [0.1, 0.15) is 27.2 Å². The van der Waals surface area contributed by atoms with Crippen molar-refractivity contribution in [2.75, 3.05) is 33.9 Å². The van der Waals surface area contributed by atoms with E-state index in [4.69, 9.17) is 9.47 Å². The minimum Gasteiger partial charge on any atom is -0.459 e. The highest BCUT2D eigenvalue weighted by Gasteiger charge is 2.17. The van der Waals surface area contributed by atoms with Crippen LogP contribution >= 0.6 is 0 Å². The first kappa shape index (κ1) is 14.4. The van der Waals surface area contributed by atoms with E-state index in [1.165, 1.54) is 0 Å². The number of carbonyl (C=O) groups excluding carboxylic acids is 1. The molecule has 15 heavy (non-hydrogen) atoms. The molecule has 0 spiro atoms. The van der Waals surface area contributed by atoms with Crippen LogP contribution in [0, 0.1) is 0 Å². The average molecular weight is 217 g/mol. The summed E-state index contributed by atoms with van der Waals surface area (Å²) in [6.45, 7) is 7.51. The SMILES string of the molecule is COCCCN(C)CC(=O)OC(C)(C)C. The van der Waals surface area contributed by atoms with Gasteiger partial charge < -0.3 is 9.47 Å². The second-order valence-corrected chi connectivity index (χ2v) is 4.67. The summed E-state index contributed by atoms with van der Waals surface area (Å²) < 4.78 is 10.1. The summed E-state index contributed by atoms with van der Waals surface area (Å²) in [5.74, 6) is -0.178. The fourth-order valence-electron chi connectivity index (χ4n) is 1.15. The lowest BCUT2D eigenvalue weighted by Gasteiger charge is -2.22. The Bertz CT molecular complexity index is 187. The van der Waals surface area contributed by atoms with Gasteiger partial charge in [-0.05, 0) is 34.2 Å². The van der Waals surface area contributed by atoms with Gasteiger partial charge in [0.2, 0.25) is 0 Å². The largest absolute Gasteiger partial charge is 0.459 e. The molecule has 0 amide bonds. The smallest absolute Gasteiger partial charge is 0.320 e. The number of nitrogens with zero attached hydrogens (tertiary/aromatic N) is 1. The highest BCUT2D eigenvalue weighted by molar-refractivity contribution is 5.72. The fourth-order valence-corrected chi connectivity index (χ4v) is 1.15. The van der Waals surface area contributed by atoms with Gasteiger partial charge in [-0.2, -0.15) is 0 Å². The van der Waals surface area contributed by atoms with Crippen LogP contribution < -0.4 is 0 Å². The lowest BCUT2D eigenvalue weighted by Crippen LogP contribution is -2.33. The van der Waals surface area contributed by atoms with Crippen molar-refractivity contribution in [3.05, 3.63) is 0 Å². The minimum atomic E-state index is -0.398. The van der Waals surface area contributed by atoms with Gasteiger partial charge >= 0.3 is 5.97 Å². The molecule has 90 valence electrons. The second kappa shape index (κ2) is 6.80. The van der Waals surface area contributed by atoms with E-state index in [2.05, 4.69) is 0 Å². The Morgan fingerprint density at radius 1 is 1.33 bits per heavy atom. The second-order valence-electron chi connectivity index (χ2n) is 4.67. The lowest BCUT2D eigenvalue weighted by molar-refractivity contribution is -0.155. The molecule has 0 aromatic rings. The van der Waals surface area contributed by atoms with E-state index in [9.17, 15) is 4.79 Å². The number of likely N-dealkylation sites (N-methyl/N-ethyl adjacent to an activating group) is 1. The standard InChI is InChI=1S/C11H23NO3/c1-11(2,3)15-10(13)9-12(4)7-6-8-14-5/h6-9H2,1-5H3. The van der Waals surface area contributed by atoms with Crippen molar-refractivity contribution >= 4 is 5.97 Å². The Kier molecular flexibility index (Phi) is 6.52. The monoisotopic (exact) mass is 217 g/mol. The van der Waals surface area contributed by atoms with Gasteiger partial charge in [-0.25, -0.2) is 0 Å². The molecule has 0 N–H and O–H groups in total. The van der Waals surface area contributed by atoms with E-state index in [0.717, 1.165) is 19.6 Å². The summed E-state index contributed by atoms with van der Waals surface area (Å²) in [6, 6.07) is 0. The van der Waals surface area contributed by atoms with E-state index in [0.29, 0.717) is 6.54 Å². The van der Waals surface area contributed by atoms with Crippen molar-refractivity contribution in [2.45, 2.75) is 32.8 Å². The first-order valence-corrected chi connectivity index (χ1v) is 5.24. The number of esters is 1. The maximum Gasteiger partial charge on any atom is 0.320 e. The fraction of sp³-hybridized carbons (Fsp3) is 0.909. The third kappa shape index (κ3) is 9.69. The zero-order chi connectivity index (χ0) is 11.9. The first-order chi connectivity index (χ1) is 6.85. The highest BCUT2D eigenvalue weighted by atomic mass is 16.6. The number of hydrogen-bond acceptors (Lipinski definition) is 4. The third-order valence-corrected chi connectivity index (χ3v) is 1.71. The van der Waals surface area contributed by atoms with E-state index in [-0.39, 0.29) is 5.97 Å². The topological polar surface area (TPSA) is 38.8 Å². The molecule has 0 saturated heterocycles. The Hall–Kier alpha value is -0.610. The van der Waals surface area contributed by atoms with E-state index < -0.39 is 5.60 Å². The number of carbonyl (C=O) groups is 1. The van der Waals surface area contributed by atoms with E-state index >= 15 is 0 Å². The summed E-state index contributed by atoms with van der Waals surface area (Å²) in [6.07, 6.45) is 0.926. The Balaban J connectivity index is 3.67. The minimum absolute atomic E-state index is 0.178. The van der Waals surface area contributed by atoms with Crippen molar-refractivity contribution in [1.82, 2.24) is 4.90 Å². The number of rotatable bonds is 6. The van der Waals surface area contributed by atoms with Crippen LogP contribution in [-0.2, 0) is 14.3 Å². The predicted octanol–water partition coefficient (Wildman–Crippen LogP) is 1.30. The molecule has 0 heterocycles. The molecule has 0 bridgehead atoms. The first-order valence-electron chi connectivity index (χ1n) is 5.24. The molecule has 4 heteroatoms. The normalized spacial score (nSPS) is 11.9. The molecule has 0 aliphatic heterocycles. The Morgan fingerprint density at radius 3 is 2.40 bits per heavy atom. The molecule has 0 radical (unpaired) electrons. The number of hydrogen-bond donors (Lipinski definition) is 0. The summed E-state index contributed by atoms with van der Waals surface area (Å²) in [7, 11) is 3.58. The van der Waals surface area contributed by atoms with Crippen LogP contribution in [0.15, 0.2) is 0 Å². The molecule has 0 fully saturated rings. The molecular weight excluding hydrogens is 194 g/mol. The van der Waals surface area contributed by atoms with Gasteiger partial charge in [-0.15, -0.1) is 0 Å².